The standard InChI is InChI=1S/C20H18N2O4S2/c1-26-16-9-8-14(11-18(16)28(21,24)25)22-20(23)17-10-13-7-6-12-4-2-3-5-15(12)19(13)27-17/h2-5,8-11H,6-7H2,1H3,(H,22,23)(H2,21,24,25). The van der Waals surface area contributed by atoms with Crippen LogP contribution in [0.15, 0.2) is 53.4 Å². The van der Waals surface area contributed by atoms with Gasteiger partial charge in [-0.1, -0.05) is 24.3 Å². The highest BCUT2D eigenvalue weighted by molar-refractivity contribution is 7.89. The van der Waals surface area contributed by atoms with E-state index in [0.717, 1.165) is 23.3 Å². The third kappa shape index (κ3) is 3.42. The van der Waals surface area contributed by atoms with Crippen LogP contribution in [0.25, 0.3) is 10.4 Å². The van der Waals surface area contributed by atoms with Gasteiger partial charge in [0.1, 0.15) is 10.6 Å². The molecule has 0 aliphatic heterocycles. The molecular weight excluding hydrogens is 396 g/mol. The van der Waals surface area contributed by atoms with E-state index in [2.05, 4.69) is 17.4 Å². The molecule has 1 amide bonds. The van der Waals surface area contributed by atoms with Gasteiger partial charge in [0.2, 0.25) is 10.0 Å². The molecule has 1 aliphatic carbocycles. The second-order valence-electron chi connectivity index (χ2n) is 6.49. The van der Waals surface area contributed by atoms with Crippen LogP contribution < -0.4 is 15.2 Å². The summed E-state index contributed by atoms with van der Waals surface area (Å²) in [4.78, 5) is 14.3. The maximum absolute atomic E-state index is 12.7. The zero-order chi connectivity index (χ0) is 19.9. The van der Waals surface area contributed by atoms with Gasteiger partial charge in [-0.25, -0.2) is 13.6 Å². The molecule has 0 saturated heterocycles. The number of carbonyl (C=O) groups excluding carboxylic acids is 1. The van der Waals surface area contributed by atoms with E-state index < -0.39 is 10.0 Å². The van der Waals surface area contributed by atoms with Gasteiger partial charge in [0.25, 0.3) is 5.91 Å². The van der Waals surface area contributed by atoms with Crippen LogP contribution in [0.5, 0.6) is 5.75 Å². The van der Waals surface area contributed by atoms with Gasteiger partial charge in [0.05, 0.1) is 12.0 Å². The number of aryl methyl sites for hydroxylation is 2. The molecule has 0 unspecified atom stereocenters. The molecular formula is C20H18N2O4S2. The van der Waals surface area contributed by atoms with Crippen molar-refractivity contribution in [2.75, 3.05) is 12.4 Å². The molecule has 8 heteroatoms. The Balaban J connectivity index is 1.64. The number of fused-ring (bicyclic) bond motifs is 3. The van der Waals surface area contributed by atoms with E-state index in [1.807, 2.05) is 18.2 Å². The number of anilines is 1. The van der Waals surface area contributed by atoms with Gasteiger partial charge in [0, 0.05) is 10.6 Å². The second-order valence-corrected chi connectivity index (χ2v) is 9.07. The fourth-order valence-corrected chi connectivity index (χ4v) is 5.24. The number of nitrogens with two attached hydrogens (primary N) is 1. The number of hydrogen-bond acceptors (Lipinski definition) is 5. The van der Waals surface area contributed by atoms with Crippen molar-refractivity contribution < 1.29 is 17.9 Å². The number of ether oxygens (including phenoxy) is 1. The second kappa shape index (κ2) is 7.05. The normalized spacial score (nSPS) is 12.8. The van der Waals surface area contributed by atoms with Crippen molar-refractivity contribution in [3.05, 3.63) is 64.5 Å². The highest BCUT2D eigenvalue weighted by Gasteiger charge is 2.22. The molecule has 1 aliphatic rings. The number of primary sulfonamides is 1. The lowest BCUT2D eigenvalue weighted by Crippen LogP contribution is -2.15. The van der Waals surface area contributed by atoms with E-state index in [1.54, 1.807) is 6.07 Å². The molecule has 2 aromatic carbocycles. The summed E-state index contributed by atoms with van der Waals surface area (Å²) >= 11 is 1.44. The van der Waals surface area contributed by atoms with Gasteiger partial charge in [-0.3, -0.25) is 4.79 Å². The summed E-state index contributed by atoms with van der Waals surface area (Å²) in [6, 6.07) is 14.5. The summed E-state index contributed by atoms with van der Waals surface area (Å²) in [5.41, 5.74) is 3.96. The number of amides is 1. The molecule has 6 nitrogen and oxygen atoms in total. The third-order valence-electron chi connectivity index (χ3n) is 4.69. The van der Waals surface area contributed by atoms with E-state index in [-0.39, 0.29) is 16.6 Å². The van der Waals surface area contributed by atoms with Crippen LogP contribution in [-0.2, 0) is 22.9 Å². The lowest BCUT2D eigenvalue weighted by molar-refractivity contribution is 0.103. The number of hydrogen-bond donors (Lipinski definition) is 2. The van der Waals surface area contributed by atoms with Crippen molar-refractivity contribution in [3.8, 4) is 16.2 Å². The third-order valence-corrected chi connectivity index (χ3v) is 6.83. The van der Waals surface area contributed by atoms with Gasteiger partial charge in [-0.15, -0.1) is 11.3 Å². The highest BCUT2D eigenvalue weighted by atomic mass is 32.2. The fourth-order valence-electron chi connectivity index (χ4n) is 3.35. The first-order valence-corrected chi connectivity index (χ1v) is 11.0. The molecule has 144 valence electrons. The molecule has 0 fully saturated rings. The molecule has 3 aromatic rings. The maximum Gasteiger partial charge on any atom is 0.265 e. The first kappa shape index (κ1) is 18.7. The summed E-state index contributed by atoms with van der Waals surface area (Å²) in [5, 5.41) is 7.99. The Morgan fingerprint density at radius 3 is 2.61 bits per heavy atom. The maximum atomic E-state index is 12.7. The van der Waals surface area contributed by atoms with E-state index in [4.69, 9.17) is 9.88 Å². The highest BCUT2D eigenvalue weighted by Crippen LogP contribution is 2.39. The molecule has 1 aromatic heterocycles. The number of benzene rings is 2. The van der Waals surface area contributed by atoms with Crippen molar-refractivity contribution >= 4 is 33.0 Å². The van der Waals surface area contributed by atoms with E-state index in [0.29, 0.717) is 10.6 Å². The predicted molar refractivity (Wildman–Crippen MR) is 109 cm³/mol. The molecule has 0 spiro atoms. The molecule has 28 heavy (non-hydrogen) atoms. The molecule has 0 atom stereocenters. The quantitative estimate of drug-likeness (QED) is 0.683. The number of thiophene rings is 1. The van der Waals surface area contributed by atoms with Crippen LogP contribution in [0.2, 0.25) is 0 Å². The summed E-state index contributed by atoms with van der Waals surface area (Å²) in [5.74, 6) is -0.161. The van der Waals surface area contributed by atoms with Crippen molar-refractivity contribution in [2.45, 2.75) is 17.7 Å². The lowest BCUT2D eigenvalue weighted by Gasteiger charge is -2.15. The van der Waals surface area contributed by atoms with Gasteiger partial charge in [-0.2, -0.15) is 0 Å². The Morgan fingerprint density at radius 2 is 1.86 bits per heavy atom. The first-order chi connectivity index (χ1) is 13.4. The Bertz CT molecular complexity index is 1180. The number of sulfonamides is 1. The monoisotopic (exact) mass is 414 g/mol. The fraction of sp³-hybridized carbons (Fsp3) is 0.150. The molecule has 3 N–H and O–H groups in total. The van der Waals surface area contributed by atoms with Crippen LogP contribution in [0.1, 0.15) is 20.8 Å². The largest absolute Gasteiger partial charge is 0.495 e. The van der Waals surface area contributed by atoms with Crippen molar-refractivity contribution in [1.29, 1.82) is 0 Å². The average molecular weight is 415 g/mol. The Kier molecular flexibility index (Phi) is 4.70. The molecule has 0 bridgehead atoms. The van der Waals surface area contributed by atoms with Gasteiger partial charge >= 0.3 is 0 Å². The van der Waals surface area contributed by atoms with Gasteiger partial charge < -0.3 is 10.1 Å². The van der Waals surface area contributed by atoms with Crippen LogP contribution in [0, 0.1) is 0 Å². The molecule has 0 saturated carbocycles. The van der Waals surface area contributed by atoms with Crippen LogP contribution in [0.4, 0.5) is 5.69 Å². The van der Waals surface area contributed by atoms with Gasteiger partial charge in [-0.05, 0) is 53.8 Å². The van der Waals surface area contributed by atoms with Crippen LogP contribution in [-0.4, -0.2) is 21.4 Å². The minimum Gasteiger partial charge on any atom is -0.495 e. The zero-order valence-corrected chi connectivity index (χ0v) is 16.7. The summed E-state index contributed by atoms with van der Waals surface area (Å²) in [6.07, 6.45) is 1.85. The van der Waals surface area contributed by atoms with E-state index in [9.17, 15) is 13.2 Å². The first-order valence-electron chi connectivity index (χ1n) is 8.60. The topological polar surface area (TPSA) is 98.5 Å². The number of carbonyl (C=O) groups is 1. The molecule has 0 radical (unpaired) electrons. The lowest BCUT2D eigenvalue weighted by atomic mass is 9.91. The number of rotatable bonds is 4. The van der Waals surface area contributed by atoms with Crippen molar-refractivity contribution in [2.24, 2.45) is 5.14 Å². The van der Waals surface area contributed by atoms with Crippen molar-refractivity contribution in [3.63, 3.8) is 0 Å². The smallest absolute Gasteiger partial charge is 0.265 e. The van der Waals surface area contributed by atoms with Crippen LogP contribution in [0.3, 0.4) is 0 Å². The summed E-state index contributed by atoms with van der Waals surface area (Å²) in [6.45, 7) is 0. The van der Waals surface area contributed by atoms with E-state index >= 15 is 0 Å². The Hall–Kier alpha value is -2.68. The van der Waals surface area contributed by atoms with Crippen molar-refractivity contribution in [1.82, 2.24) is 0 Å². The summed E-state index contributed by atoms with van der Waals surface area (Å²) in [7, 11) is -2.62. The predicted octanol–water partition coefficient (Wildman–Crippen LogP) is 3.42. The average Bonchev–Trinajstić information content (AvgIpc) is 3.12. The summed E-state index contributed by atoms with van der Waals surface area (Å²) < 4.78 is 28.5. The number of nitrogens with one attached hydrogen (secondary N) is 1. The van der Waals surface area contributed by atoms with Crippen LogP contribution >= 0.6 is 11.3 Å². The SMILES string of the molecule is COc1ccc(NC(=O)c2cc3c(s2)-c2ccccc2CC3)cc1S(N)(=O)=O. The van der Waals surface area contributed by atoms with E-state index in [1.165, 1.54) is 41.7 Å². The molecule has 4 rings (SSSR count). The minimum absolute atomic E-state index is 0.128. The number of methoxy groups -OCH3 is 1. The minimum atomic E-state index is -3.98. The zero-order valence-electron chi connectivity index (χ0n) is 15.1. The van der Waals surface area contributed by atoms with Gasteiger partial charge in [0.15, 0.2) is 0 Å². The Morgan fingerprint density at radius 1 is 1.11 bits per heavy atom. The molecule has 1 heterocycles. The Labute approximate surface area is 167 Å².